The molecule has 0 atom stereocenters. The molecular formula is C12H17N5O. The average Bonchev–Trinajstić information content (AvgIpc) is 2.40. The van der Waals surface area contributed by atoms with Gasteiger partial charge in [-0.3, -0.25) is 0 Å². The van der Waals surface area contributed by atoms with Gasteiger partial charge in [0, 0.05) is 13.1 Å². The second-order valence-corrected chi connectivity index (χ2v) is 3.87. The van der Waals surface area contributed by atoms with Crippen LogP contribution < -0.4 is 11.5 Å². The van der Waals surface area contributed by atoms with Crippen LogP contribution in [0, 0.1) is 0 Å². The van der Waals surface area contributed by atoms with E-state index in [0.717, 1.165) is 18.8 Å². The molecule has 1 heterocycles. The van der Waals surface area contributed by atoms with Gasteiger partial charge in [-0.2, -0.15) is 4.99 Å². The first kappa shape index (κ1) is 12.4. The number of nitrogens with two attached hydrogens (primary N) is 2. The zero-order valence-electron chi connectivity index (χ0n) is 10.1. The van der Waals surface area contributed by atoms with Gasteiger partial charge < -0.3 is 21.1 Å². The summed E-state index contributed by atoms with van der Waals surface area (Å²) in [5.41, 5.74) is 12.4. The maximum atomic E-state index is 5.86. The van der Waals surface area contributed by atoms with Crippen molar-refractivity contribution in [2.24, 2.45) is 21.5 Å². The number of nitrogens with zero attached hydrogens (tertiary/aromatic N) is 3. The van der Waals surface area contributed by atoms with Gasteiger partial charge in [-0.1, -0.05) is 18.2 Å². The lowest BCUT2D eigenvalue weighted by atomic mass is 10.3. The average molecular weight is 247 g/mol. The molecule has 0 aromatic heterocycles. The third kappa shape index (κ3) is 3.46. The molecule has 1 saturated heterocycles. The summed E-state index contributed by atoms with van der Waals surface area (Å²) >= 11 is 0. The fraction of sp³-hybridized carbons (Fsp3) is 0.333. The molecule has 0 saturated carbocycles. The minimum Gasteiger partial charge on any atom is -0.378 e. The van der Waals surface area contributed by atoms with Crippen LogP contribution in [0.4, 0.5) is 5.69 Å². The summed E-state index contributed by atoms with van der Waals surface area (Å²) in [6.45, 7) is 2.78. The van der Waals surface area contributed by atoms with Crippen molar-refractivity contribution in [1.82, 2.24) is 4.90 Å². The molecule has 0 unspecified atom stereocenters. The number of guanidine groups is 2. The van der Waals surface area contributed by atoms with Crippen molar-refractivity contribution in [3.8, 4) is 0 Å². The van der Waals surface area contributed by atoms with E-state index in [1.165, 1.54) is 0 Å². The number of ether oxygens (including phenoxy) is 1. The number of benzene rings is 1. The SMILES string of the molecule is NC(=Nc1ccccc1)/N=C(\N)N1CCOCC1. The molecule has 6 heteroatoms. The van der Waals surface area contributed by atoms with Gasteiger partial charge in [0.05, 0.1) is 18.9 Å². The Kier molecular flexibility index (Phi) is 4.14. The van der Waals surface area contributed by atoms with Crippen LogP contribution in [0.25, 0.3) is 0 Å². The molecule has 1 aromatic carbocycles. The number of aliphatic imine (C=N–C) groups is 2. The highest BCUT2D eigenvalue weighted by atomic mass is 16.5. The number of hydrogen-bond donors (Lipinski definition) is 2. The molecule has 1 fully saturated rings. The summed E-state index contributed by atoms with van der Waals surface area (Å²) in [7, 11) is 0. The Morgan fingerprint density at radius 2 is 1.78 bits per heavy atom. The monoisotopic (exact) mass is 247 g/mol. The summed E-state index contributed by atoms with van der Waals surface area (Å²) in [5, 5.41) is 0. The van der Waals surface area contributed by atoms with E-state index in [1.54, 1.807) is 0 Å². The van der Waals surface area contributed by atoms with Crippen molar-refractivity contribution in [2.75, 3.05) is 26.3 Å². The number of hydrogen-bond acceptors (Lipinski definition) is 2. The molecule has 0 radical (unpaired) electrons. The van der Waals surface area contributed by atoms with E-state index < -0.39 is 0 Å². The van der Waals surface area contributed by atoms with Gasteiger partial charge in [-0.05, 0) is 12.1 Å². The van der Waals surface area contributed by atoms with Crippen molar-refractivity contribution in [3.63, 3.8) is 0 Å². The van der Waals surface area contributed by atoms with E-state index in [1.807, 2.05) is 35.2 Å². The summed E-state index contributed by atoms with van der Waals surface area (Å²) in [5.74, 6) is 0.542. The van der Waals surface area contributed by atoms with E-state index in [2.05, 4.69) is 9.98 Å². The maximum Gasteiger partial charge on any atom is 0.223 e. The quantitative estimate of drug-likeness (QED) is 0.551. The third-order valence-corrected chi connectivity index (χ3v) is 2.56. The van der Waals surface area contributed by atoms with Crippen LogP contribution in [0.3, 0.4) is 0 Å². The van der Waals surface area contributed by atoms with E-state index >= 15 is 0 Å². The molecule has 0 amide bonds. The van der Waals surface area contributed by atoms with E-state index in [-0.39, 0.29) is 5.96 Å². The molecule has 96 valence electrons. The van der Waals surface area contributed by atoms with Crippen molar-refractivity contribution in [1.29, 1.82) is 0 Å². The Balaban J connectivity index is 2.04. The molecule has 4 N–H and O–H groups in total. The number of morpholine rings is 1. The van der Waals surface area contributed by atoms with Crippen LogP contribution in [0.1, 0.15) is 0 Å². The van der Waals surface area contributed by atoms with Gasteiger partial charge in [0.25, 0.3) is 0 Å². The molecule has 1 aliphatic heterocycles. The number of rotatable bonds is 1. The van der Waals surface area contributed by atoms with Crippen LogP contribution in [0.15, 0.2) is 40.3 Å². The maximum absolute atomic E-state index is 5.86. The minimum atomic E-state index is 0.158. The highest BCUT2D eigenvalue weighted by Crippen LogP contribution is 2.09. The first-order valence-electron chi connectivity index (χ1n) is 5.82. The summed E-state index contributed by atoms with van der Waals surface area (Å²) in [6.07, 6.45) is 0. The van der Waals surface area contributed by atoms with Gasteiger partial charge in [0.2, 0.25) is 5.96 Å². The van der Waals surface area contributed by atoms with Gasteiger partial charge in [-0.25, -0.2) is 4.99 Å². The zero-order chi connectivity index (χ0) is 12.8. The van der Waals surface area contributed by atoms with Crippen LogP contribution >= 0.6 is 0 Å². The van der Waals surface area contributed by atoms with Crippen molar-refractivity contribution < 1.29 is 4.74 Å². The smallest absolute Gasteiger partial charge is 0.223 e. The Hall–Kier alpha value is -2.08. The second-order valence-electron chi connectivity index (χ2n) is 3.87. The van der Waals surface area contributed by atoms with Crippen LogP contribution in [-0.4, -0.2) is 43.1 Å². The van der Waals surface area contributed by atoms with Gasteiger partial charge in [0.1, 0.15) is 0 Å². The number of para-hydroxylation sites is 1. The molecule has 6 nitrogen and oxygen atoms in total. The molecule has 2 rings (SSSR count). The molecule has 0 aliphatic carbocycles. The molecule has 1 aliphatic rings. The lowest BCUT2D eigenvalue weighted by Crippen LogP contribution is -2.45. The van der Waals surface area contributed by atoms with Gasteiger partial charge >= 0.3 is 0 Å². The highest BCUT2D eigenvalue weighted by Gasteiger charge is 2.12. The highest BCUT2D eigenvalue weighted by molar-refractivity contribution is 5.94. The largest absolute Gasteiger partial charge is 0.378 e. The van der Waals surface area contributed by atoms with E-state index in [0.29, 0.717) is 19.2 Å². The van der Waals surface area contributed by atoms with Gasteiger partial charge in [-0.15, -0.1) is 0 Å². The fourth-order valence-corrected chi connectivity index (χ4v) is 1.64. The predicted molar refractivity (Wildman–Crippen MR) is 71.7 cm³/mol. The molecule has 18 heavy (non-hydrogen) atoms. The normalized spacial score (nSPS) is 17.9. The van der Waals surface area contributed by atoms with Crippen molar-refractivity contribution in [2.45, 2.75) is 0 Å². The Morgan fingerprint density at radius 3 is 2.44 bits per heavy atom. The Bertz CT molecular complexity index is 437. The molecule has 0 bridgehead atoms. The van der Waals surface area contributed by atoms with Crippen LogP contribution in [0.2, 0.25) is 0 Å². The first-order chi connectivity index (χ1) is 8.75. The minimum absolute atomic E-state index is 0.158. The van der Waals surface area contributed by atoms with Crippen LogP contribution in [0.5, 0.6) is 0 Å². The van der Waals surface area contributed by atoms with E-state index in [4.69, 9.17) is 16.2 Å². The molecule has 0 spiro atoms. The molecule has 1 aromatic rings. The van der Waals surface area contributed by atoms with Gasteiger partial charge in [0.15, 0.2) is 5.96 Å². The third-order valence-electron chi connectivity index (χ3n) is 2.56. The predicted octanol–water partition coefficient (Wildman–Crippen LogP) is 0.280. The Labute approximate surface area is 106 Å². The lowest BCUT2D eigenvalue weighted by molar-refractivity contribution is 0.0676. The standard InChI is InChI=1S/C12H17N5O/c13-11(15-10-4-2-1-3-5-10)16-12(14)17-6-8-18-9-7-17/h1-5H,6-9H2,(H4,13,14,15,16). The van der Waals surface area contributed by atoms with Crippen molar-refractivity contribution in [3.05, 3.63) is 30.3 Å². The lowest BCUT2D eigenvalue weighted by Gasteiger charge is -2.27. The Morgan fingerprint density at radius 1 is 1.11 bits per heavy atom. The van der Waals surface area contributed by atoms with E-state index in [9.17, 15) is 0 Å². The molecular weight excluding hydrogens is 230 g/mol. The summed E-state index contributed by atoms with van der Waals surface area (Å²) in [6, 6.07) is 9.41. The second kappa shape index (κ2) is 6.02. The summed E-state index contributed by atoms with van der Waals surface area (Å²) < 4.78 is 5.24. The summed E-state index contributed by atoms with van der Waals surface area (Å²) in [4.78, 5) is 10.2. The first-order valence-corrected chi connectivity index (χ1v) is 5.82. The van der Waals surface area contributed by atoms with Crippen molar-refractivity contribution >= 4 is 17.6 Å². The zero-order valence-corrected chi connectivity index (χ0v) is 10.1. The van der Waals surface area contributed by atoms with Crippen LogP contribution in [-0.2, 0) is 4.74 Å². The topological polar surface area (TPSA) is 89.2 Å². The fourth-order valence-electron chi connectivity index (χ4n) is 1.64.